The van der Waals surface area contributed by atoms with E-state index in [4.69, 9.17) is 10.8 Å². The number of phenolic OH excluding ortho intramolecular Hbond substituents is 1. The van der Waals surface area contributed by atoms with Crippen LogP contribution in [0.25, 0.3) is 0 Å². The van der Waals surface area contributed by atoms with E-state index in [-0.39, 0.29) is 23.7 Å². The molecule has 0 spiro atoms. The van der Waals surface area contributed by atoms with Gasteiger partial charge in [0.1, 0.15) is 11.8 Å². The maximum atomic E-state index is 11.8. The van der Waals surface area contributed by atoms with Crippen molar-refractivity contribution in [1.29, 1.82) is 0 Å². The number of carboxylic acid groups (broad SMARTS) is 1. The number of hydrogen-bond donors (Lipinski definition) is 4. The highest BCUT2D eigenvalue weighted by molar-refractivity contribution is 5.98. The number of nitrogens with one attached hydrogen (secondary N) is 1. The van der Waals surface area contributed by atoms with Crippen LogP contribution in [0.15, 0.2) is 28.9 Å². The minimum absolute atomic E-state index is 0.0343. The van der Waals surface area contributed by atoms with E-state index in [0.29, 0.717) is 5.56 Å². The summed E-state index contributed by atoms with van der Waals surface area (Å²) >= 11 is 0. The molecule has 1 heterocycles. The highest BCUT2D eigenvalue weighted by Gasteiger charge is 2.24. The van der Waals surface area contributed by atoms with E-state index >= 15 is 0 Å². The average Bonchev–Trinajstić information content (AvgIpc) is 2.86. The Morgan fingerprint density at radius 3 is 2.48 bits per heavy atom. The van der Waals surface area contributed by atoms with E-state index < -0.39 is 17.9 Å². The first-order valence-electron chi connectivity index (χ1n) is 5.87. The van der Waals surface area contributed by atoms with E-state index in [1.165, 1.54) is 12.1 Å². The summed E-state index contributed by atoms with van der Waals surface area (Å²) in [5.41, 5.74) is 5.72. The SMILES string of the molecule is Nc1nonc1C(=O)N[C@H](Cc1ccc(O)cc1)C(=O)O. The monoisotopic (exact) mass is 292 g/mol. The molecule has 0 radical (unpaired) electrons. The standard InChI is InChI=1S/C12H12N4O5/c13-10-9(15-21-16-10)11(18)14-8(12(19)20)5-6-1-3-7(17)4-2-6/h1-4,8,17H,5H2,(H2,13,16)(H,14,18)(H,19,20)/t8-/m1/s1. The van der Waals surface area contributed by atoms with Gasteiger partial charge in [-0.05, 0) is 28.0 Å². The van der Waals surface area contributed by atoms with Crippen molar-refractivity contribution in [3.8, 4) is 5.75 Å². The second-order valence-electron chi connectivity index (χ2n) is 4.23. The zero-order valence-electron chi connectivity index (χ0n) is 10.7. The van der Waals surface area contributed by atoms with E-state index in [1.54, 1.807) is 12.1 Å². The second kappa shape index (κ2) is 5.90. The second-order valence-corrected chi connectivity index (χ2v) is 4.23. The maximum absolute atomic E-state index is 11.8. The van der Waals surface area contributed by atoms with Gasteiger partial charge >= 0.3 is 5.97 Å². The van der Waals surface area contributed by atoms with Crippen molar-refractivity contribution >= 4 is 17.7 Å². The van der Waals surface area contributed by atoms with Gasteiger partial charge in [0.2, 0.25) is 11.5 Å². The predicted molar refractivity (Wildman–Crippen MR) is 69.4 cm³/mol. The van der Waals surface area contributed by atoms with Gasteiger partial charge in [-0.1, -0.05) is 12.1 Å². The fraction of sp³-hybridized carbons (Fsp3) is 0.167. The maximum Gasteiger partial charge on any atom is 0.326 e. The van der Waals surface area contributed by atoms with Gasteiger partial charge in [-0.2, -0.15) is 0 Å². The van der Waals surface area contributed by atoms with Crippen LogP contribution in [0.4, 0.5) is 5.82 Å². The van der Waals surface area contributed by atoms with Crippen LogP contribution in [0.2, 0.25) is 0 Å². The number of carbonyl (C=O) groups is 2. The smallest absolute Gasteiger partial charge is 0.326 e. The largest absolute Gasteiger partial charge is 0.508 e. The number of hydrogen-bond acceptors (Lipinski definition) is 7. The zero-order valence-corrected chi connectivity index (χ0v) is 10.7. The van der Waals surface area contributed by atoms with Crippen LogP contribution in [-0.4, -0.2) is 38.4 Å². The molecule has 0 unspecified atom stereocenters. The first kappa shape index (κ1) is 14.3. The normalized spacial score (nSPS) is 11.8. The molecule has 0 saturated carbocycles. The zero-order chi connectivity index (χ0) is 15.4. The lowest BCUT2D eigenvalue weighted by atomic mass is 10.1. The summed E-state index contributed by atoms with van der Waals surface area (Å²) < 4.78 is 4.28. The molecule has 1 amide bonds. The number of amides is 1. The predicted octanol–water partition coefficient (Wildman–Crippen LogP) is -0.217. The third-order valence-corrected chi connectivity index (χ3v) is 2.71. The van der Waals surface area contributed by atoms with Crippen molar-refractivity contribution in [2.75, 3.05) is 5.73 Å². The first-order valence-corrected chi connectivity index (χ1v) is 5.87. The Labute approximate surface area is 118 Å². The Morgan fingerprint density at radius 1 is 1.29 bits per heavy atom. The summed E-state index contributed by atoms with van der Waals surface area (Å²) in [6, 6.07) is 4.79. The molecule has 9 heteroatoms. The number of carboxylic acids is 1. The van der Waals surface area contributed by atoms with Gasteiger partial charge in [0.25, 0.3) is 5.91 Å². The highest BCUT2D eigenvalue weighted by atomic mass is 16.6. The van der Waals surface area contributed by atoms with Crippen molar-refractivity contribution < 1.29 is 24.4 Å². The number of benzene rings is 1. The highest BCUT2D eigenvalue weighted by Crippen LogP contribution is 2.12. The van der Waals surface area contributed by atoms with Crippen LogP contribution >= 0.6 is 0 Å². The van der Waals surface area contributed by atoms with Gasteiger partial charge in [0.05, 0.1) is 0 Å². The van der Waals surface area contributed by atoms with E-state index in [2.05, 4.69) is 20.3 Å². The molecule has 5 N–H and O–H groups in total. The third-order valence-electron chi connectivity index (χ3n) is 2.71. The van der Waals surface area contributed by atoms with Crippen LogP contribution in [0.3, 0.4) is 0 Å². The Bertz CT molecular complexity index is 652. The van der Waals surface area contributed by atoms with Crippen LogP contribution in [0.1, 0.15) is 16.1 Å². The van der Waals surface area contributed by atoms with Crippen molar-refractivity contribution in [3.63, 3.8) is 0 Å². The van der Waals surface area contributed by atoms with Crippen LogP contribution in [-0.2, 0) is 11.2 Å². The number of carbonyl (C=O) groups excluding carboxylic acids is 1. The summed E-state index contributed by atoms with van der Waals surface area (Å²) in [4.78, 5) is 23.0. The van der Waals surface area contributed by atoms with E-state index in [9.17, 15) is 14.7 Å². The number of aromatic hydroxyl groups is 1. The lowest BCUT2D eigenvalue weighted by Gasteiger charge is -2.13. The van der Waals surface area contributed by atoms with Crippen LogP contribution in [0, 0.1) is 0 Å². The quantitative estimate of drug-likeness (QED) is 0.590. The summed E-state index contributed by atoms with van der Waals surface area (Å²) in [6.07, 6.45) is 0.0343. The summed E-state index contributed by atoms with van der Waals surface area (Å²) in [5, 5.41) is 27.1. The molecular formula is C12H12N4O5. The summed E-state index contributed by atoms with van der Waals surface area (Å²) in [6.45, 7) is 0. The number of rotatable bonds is 5. The average molecular weight is 292 g/mol. The molecular weight excluding hydrogens is 280 g/mol. The molecule has 0 aliphatic carbocycles. The summed E-state index contributed by atoms with van der Waals surface area (Å²) in [5.74, 6) is -2.16. The minimum Gasteiger partial charge on any atom is -0.508 e. The van der Waals surface area contributed by atoms with Crippen molar-refractivity contribution in [2.24, 2.45) is 0 Å². The molecule has 0 aliphatic rings. The lowest BCUT2D eigenvalue weighted by molar-refractivity contribution is -0.139. The number of nitrogens with two attached hydrogens (primary N) is 1. The molecule has 0 bridgehead atoms. The molecule has 1 aromatic carbocycles. The van der Waals surface area contributed by atoms with Gasteiger partial charge in [0, 0.05) is 6.42 Å². The lowest BCUT2D eigenvalue weighted by Crippen LogP contribution is -2.42. The molecule has 2 aromatic rings. The molecule has 110 valence electrons. The minimum atomic E-state index is -1.22. The van der Waals surface area contributed by atoms with Gasteiger partial charge in [-0.15, -0.1) is 0 Å². The number of nitrogen functional groups attached to an aromatic ring is 1. The van der Waals surface area contributed by atoms with Gasteiger partial charge < -0.3 is 21.3 Å². The molecule has 2 rings (SSSR count). The van der Waals surface area contributed by atoms with Crippen LogP contribution < -0.4 is 11.1 Å². The van der Waals surface area contributed by atoms with Crippen molar-refractivity contribution in [2.45, 2.75) is 12.5 Å². The topological polar surface area (TPSA) is 152 Å². The fourth-order valence-corrected chi connectivity index (χ4v) is 1.65. The van der Waals surface area contributed by atoms with Gasteiger partial charge in [-0.25, -0.2) is 9.42 Å². The molecule has 1 atom stereocenters. The van der Waals surface area contributed by atoms with Crippen molar-refractivity contribution in [1.82, 2.24) is 15.6 Å². The molecule has 0 saturated heterocycles. The Balaban J connectivity index is 2.09. The van der Waals surface area contributed by atoms with Gasteiger partial charge in [-0.3, -0.25) is 4.79 Å². The molecule has 21 heavy (non-hydrogen) atoms. The molecule has 0 aliphatic heterocycles. The van der Waals surface area contributed by atoms with Gasteiger partial charge in [0.15, 0.2) is 0 Å². The number of phenols is 1. The van der Waals surface area contributed by atoms with Crippen molar-refractivity contribution in [3.05, 3.63) is 35.5 Å². The summed E-state index contributed by atoms with van der Waals surface area (Å²) in [7, 11) is 0. The van der Waals surface area contributed by atoms with E-state index in [1.807, 2.05) is 0 Å². The molecule has 1 aromatic heterocycles. The Kier molecular flexibility index (Phi) is 4.02. The van der Waals surface area contributed by atoms with Crippen LogP contribution in [0.5, 0.6) is 5.75 Å². The first-order chi connectivity index (χ1) is 9.97. The Hall–Kier alpha value is -3.10. The number of anilines is 1. The third kappa shape index (κ3) is 3.47. The number of aromatic nitrogens is 2. The number of aliphatic carboxylic acids is 1. The van der Waals surface area contributed by atoms with E-state index in [0.717, 1.165) is 0 Å². The fourth-order valence-electron chi connectivity index (χ4n) is 1.65. The Morgan fingerprint density at radius 2 is 1.95 bits per heavy atom. The molecule has 0 fully saturated rings. The number of nitrogens with zero attached hydrogens (tertiary/aromatic N) is 2. The molecule has 9 nitrogen and oxygen atoms in total.